The molecule has 0 amide bonds. The number of benzene rings is 11. The van der Waals surface area contributed by atoms with E-state index in [9.17, 15) is 0 Å². The molecular weight excluding hydrogens is 749 g/mol. The van der Waals surface area contributed by atoms with Crippen molar-refractivity contribution in [3.8, 4) is 22.3 Å². The quantitative estimate of drug-likeness (QED) is 0.134. The lowest BCUT2D eigenvalue weighted by atomic mass is 9.33. The summed E-state index contributed by atoms with van der Waals surface area (Å²) in [4.78, 5) is 2.35. The Morgan fingerprint density at radius 3 is 1.18 bits per heavy atom. The number of nitrogens with one attached hydrogen (secondary N) is 2. The van der Waals surface area contributed by atoms with Gasteiger partial charge in [0.1, 0.15) is 0 Å². The molecule has 2 N–H and O–H groups in total. The minimum absolute atomic E-state index is 0.0261. The summed E-state index contributed by atoms with van der Waals surface area (Å²) in [5.41, 5.74) is 16.5. The molecule has 0 atom stereocenters. The highest BCUT2D eigenvalue weighted by atomic mass is 15.1. The Morgan fingerprint density at radius 2 is 0.710 bits per heavy atom. The van der Waals surface area contributed by atoms with Gasteiger partial charge in [0.25, 0.3) is 6.71 Å². The van der Waals surface area contributed by atoms with Gasteiger partial charge in [-0.2, -0.15) is 0 Å². The van der Waals surface area contributed by atoms with Crippen LogP contribution in [-0.2, 0) is 0 Å². The third-order valence-corrected chi connectivity index (χ3v) is 13.2. The molecule has 13 rings (SSSR count). The molecular formula is C58H38BN3. The van der Waals surface area contributed by atoms with Gasteiger partial charge < -0.3 is 15.5 Å². The molecule has 0 saturated carbocycles. The molecule has 0 aromatic heterocycles. The van der Waals surface area contributed by atoms with Crippen LogP contribution >= 0.6 is 0 Å². The summed E-state index contributed by atoms with van der Waals surface area (Å²) in [6.45, 7) is -0.0261. The number of hydrogen-bond acceptors (Lipinski definition) is 3. The SMILES string of the molecule is c1ccc(N(c2ccccc2)c2cc3c4c(c2)Nc2ccc(-c5cc6ccccc6c6ccccc56)cc2B4c2cc(-c4cc5ccccc5c5ccccc45)ccc2N3)cc1. The van der Waals surface area contributed by atoms with E-state index in [0.717, 1.165) is 39.8 Å². The molecule has 4 heteroatoms. The van der Waals surface area contributed by atoms with Crippen LogP contribution in [-0.4, -0.2) is 6.71 Å². The van der Waals surface area contributed by atoms with Gasteiger partial charge in [0.15, 0.2) is 0 Å². The lowest BCUT2D eigenvalue weighted by Gasteiger charge is -2.37. The molecule has 2 heterocycles. The molecule has 62 heavy (non-hydrogen) atoms. The predicted molar refractivity (Wildman–Crippen MR) is 266 cm³/mol. The zero-order chi connectivity index (χ0) is 40.7. The van der Waals surface area contributed by atoms with Crippen molar-refractivity contribution in [3.63, 3.8) is 0 Å². The third-order valence-electron chi connectivity index (χ3n) is 13.2. The highest BCUT2D eigenvalue weighted by Crippen LogP contribution is 2.42. The molecule has 2 aliphatic rings. The van der Waals surface area contributed by atoms with Gasteiger partial charge in [-0.15, -0.1) is 0 Å². The number of anilines is 7. The van der Waals surface area contributed by atoms with Crippen molar-refractivity contribution in [3.05, 3.63) is 218 Å². The van der Waals surface area contributed by atoms with Crippen LogP contribution < -0.4 is 31.9 Å². The normalized spacial score (nSPS) is 12.4. The van der Waals surface area contributed by atoms with Crippen LogP contribution in [0.4, 0.5) is 39.8 Å². The highest BCUT2D eigenvalue weighted by Gasteiger charge is 2.39. The summed E-state index contributed by atoms with van der Waals surface area (Å²) in [6, 6.07) is 80.1. The van der Waals surface area contributed by atoms with Crippen molar-refractivity contribution < 1.29 is 0 Å². The smallest absolute Gasteiger partial charge is 0.252 e. The second-order valence-corrected chi connectivity index (χ2v) is 16.6. The Hall–Kier alpha value is -8.08. The Bertz CT molecular complexity index is 3370. The lowest BCUT2D eigenvalue weighted by molar-refractivity contribution is 1.28. The van der Waals surface area contributed by atoms with E-state index in [1.807, 2.05) is 0 Å². The monoisotopic (exact) mass is 787 g/mol. The second kappa shape index (κ2) is 13.7. The van der Waals surface area contributed by atoms with E-state index in [1.54, 1.807) is 0 Å². The summed E-state index contributed by atoms with van der Waals surface area (Å²) >= 11 is 0. The maximum atomic E-state index is 3.98. The van der Waals surface area contributed by atoms with Gasteiger partial charge in [0.05, 0.1) is 5.69 Å². The number of rotatable bonds is 5. The first-order chi connectivity index (χ1) is 30.7. The topological polar surface area (TPSA) is 27.3 Å². The summed E-state index contributed by atoms with van der Waals surface area (Å²) in [7, 11) is 0. The molecule has 0 fully saturated rings. The average Bonchev–Trinajstić information content (AvgIpc) is 3.34. The molecule has 288 valence electrons. The zero-order valence-corrected chi connectivity index (χ0v) is 33.8. The van der Waals surface area contributed by atoms with E-state index >= 15 is 0 Å². The van der Waals surface area contributed by atoms with Crippen LogP contribution in [0, 0.1) is 0 Å². The van der Waals surface area contributed by atoms with Crippen molar-refractivity contribution in [2.24, 2.45) is 0 Å². The fourth-order valence-corrected chi connectivity index (χ4v) is 10.4. The van der Waals surface area contributed by atoms with E-state index < -0.39 is 0 Å². The molecule has 2 aliphatic heterocycles. The first-order valence-electron chi connectivity index (χ1n) is 21.5. The Morgan fingerprint density at radius 1 is 0.306 bits per heavy atom. The van der Waals surface area contributed by atoms with Crippen LogP contribution in [0.2, 0.25) is 0 Å². The van der Waals surface area contributed by atoms with Crippen LogP contribution in [0.3, 0.4) is 0 Å². The van der Waals surface area contributed by atoms with Crippen molar-refractivity contribution in [1.82, 2.24) is 0 Å². The Balaban J connectivity index is 1.04. The molecule has 11 aromatic carbocycles. The van der Waals surface area contributed by atoms with E-state index in [1.165, 1.54) is 81.7 Å². The summed E-state index contributed by atoms with van der Waals surface area (Å²) in [5.74, 6) is 0. The summed E-state index contributed by atoms with van der Waals surface area (Å²) in [5, 5.41) is 18.1. The molecule has 0 spiro atoms. The average molecular weight is 788 g/mol. The minimum atomic E-state index is -0.0261. The predicted octanol–water partition coefficient (Wildman–Crippen LogP) is 13.7. The lowest BCUT2D eigenvalue weighted by Crippen LogP contribution is -2.59. The van der Waals surface area contributed by atoms with Crippen molar-refractivity contribution in [2.45, 2.75) is 0 Å². The number of nitrogens with zero attached hydrogens (tertiary/aromatic N) is 1. The fraction of sp³-hybridized carbons (Fsp3) is 0. The minimum Gasteiger partial charge on any atom is -0.356 e. The van der Waals surface area contributed by atoms with E-state index in [-0.39, 0.29) is 6.71 Å². The largest absolute Gasteiger partial charge is 0.356 e. The van der Waals surface area contributed by atoms with Gasteiger partial charge >= 0.3 is 0 Å². The maximum absolute atomic E-state index is 3.98. The van der Waals surface area contributed by atoms with Crippen LogP contribution in [0.25, 0.3) is 65.3 Å². The van der Waals surface area contributed by atoms with E-state index in [4.69, 9.17) is 0 Å². The molecule has 0 unspecified atom stereocenters. The standard InChI is InChI=1S/C58H38BN3/c1-3-17-41(18-4-1)62(42-19-5-2-6-20-42)43-35-56-58-57(36-43)61-55-30-28-40(51-32-38-16-8-10-22-45(38)47-24-12-14-26-49(47)51)34-53(55)59(58)52-33-39(27-29-54(52)60-56)50-31-37-15-7-9-21-44(37)46-23-11-13-25-48(46)50/h1-36,60-61H. The van der Waals surface area contributed by atoms with Gasteiger partial charge in [0, 0.05) is 34.1 Å². The van der Waals surface area contributed by atoms with Crippen LogP contribution in [0.5, 0.6) is 0 Å². The number of para-hydroxylation sites is 2. The number of fused-ring (bicyclic) bond motifs is 10. The first-order valence-corrected chi connectivity index (χ1v) is 21.5. The second-order valence-electron chi connectivity index (χ2n) is 16.6. The molecule has 0 radical (unpaired) electrons. The van der Waals surface area contributed by atoms with Gasteiger partial charge in [-0.3, -0.25) is 0 Å². The molecule has 11 aromatic rings. The Labute approximate surface area is 360 Å². The molecule has 0 saturated heterocycles. The van der Waals surface area contributed by atoms with Gasteiger partial charge in [-0.25, -0.2) is 0 Å². The maximum Gasteiger partial charge on any atom is 0.252 e. The van der Waals surface area contributed by atoms with Gasteiger partial charge in [-0.1, -0.05) is 158 Å². The van der Waals surface area contributed by atoms with Crippen molar-refractivity contribution >= 4 is 106 Å². The van der Waals surface area contributed by atoms with Gasteiger partial charge in [0.2, 0.25) is 0 Å². The van der Waals surface area contributed by atoms with Crippen LogP contribution in [0.1, 0.15) is 0 Å². The van der Waals surface area contributed by atoms with E-state index in [0.29, 0.717) is 0 Å². The zero-order valence-electron chi connectivity index (χ0n) is 33.8. The Kier molecular flexibility index (Phi) is 7.70. The highest BCUT2D eigenvalue weighted by molar-refractivity contribution is 7.00. The van der Waals surface area contributed by atoms with Gasteiger partial charge in [-0.05, 0) is 142 Å². The molecule has 0 aliphatic carbocycles. The first kappa shape index (κ1) is 34.8. The molecule has 0 bridgehead atoms. The van der Waals surface area contributed by atoms with E-state index in [2.05, 4.69) is 234 Å². The molecule has 3 nitrogen and oxygen atoms in total. The van der Waals surface area contributed by atoms with Crippen molar-refractivity contribution in [1.29, 1.82) is 0 Å². The fourth-order valence-electron chi connectivity index (χ4n) is 10.4. The number of hydrogen-bond donors (Lipinski definition) is 2. The summed E-state index contributed by atoms with van der Waals surface area (Å²) < 4.78 is 0. The summed E-state index contributed by atoms with van der Waals surface area (Å²) in [6.07, 6.45) is 0. The van der Waals surface area contributed by atoms with Crippen LogP contribution in [0.15, 0.2) is 218 Å². The van der Waals surface area contributed by atoms with Crippen molar-refractivity contribution in [2.75, 3.05) is 15.5 Å². The third kappa shape index (κ3) is 5.40.